The largest absolute Gasteiger partial charge is 0.352 e. The average molecular weight is 298 g/mol. The molecule has 0 spiro atoms. The lowest BCUT2D eigenvalue weighted by Crippen LogP contribution is -2.48. The van der Waals surface area contributed by atoms with Crippen LogP contribution in [-0.2, 0) is 4.79 Å². The van der Waals surface area contributed by atoms with Crippen molar-refractivity contribution in [2.24, 2.45) is 0 Å². The van der Waals surface area contributed by atoms with Gasteiger partial charge in [-0.15, -0.1) is 0 Å². The van der Waals surface area contributed by atoms with E-state index in [1.807, 2.05) is 19.1 Å². The fraction of sp³-hybridized carbons (Fsp3) is 0.588. The van der Waals surface area contributed by atoms with Crippen molar-refractivity contribution < 1.29 is 4.79 Å². The average Bonchev–Trinajstić information content (AvgIpc) is 3.22. The van der Waals surface area contributed by atoms with Crippen LogP contribution in [0.1, 0.15) is 44.6 Å². The van der Waals surface area contributed by atoms with Crippen LogP contribution in [0.4, 0.5) is 5.82 Å². The Kier molecular flexibility index (Phi) is 4.28. The van der Waals surface area contributed by atoms with Crippen LogP contribution in [-0.4, -0.2) is 41.0 Å². The van der Waals surface area contributed by atoms with E-state index in [4.69, 9.17) is 5.26 Å². The van der Waals surface area contributed by atoms with E-state index < -0.39 is 0 Å². The maximum Gasteiger partial charge on any atom is 0.222 e. The highest BCUT2D eigenvalue weighted by molar-refractivity contribution is 5.76. The van der Waals surface area contributed by atoms with Crippen LogP contribution in [0.25, 0.3) is 0 Å². The van der Waals surface area contributed by atoms with Gasteiger partial charge in [0, 0.05) is 25.7 Å². The Bertz CT molecular complexity index is 577. The fourth-order valence-corrected chi connectivity index (χ4v) is 3.80. The molecule has 0 aliphatic carbocycles. The van der Waals surface area contributed by atoms with E-state index in [1.54, 1.807) is 6.20 Å². The molecule has 0 N–H and O–H groups in total. The first-order chi connectivity index (χ1) is 10.7. The maximum absolute atomic E-state index is 12.2. The highest BCUT2D eigenvalue weighted by atomic mass is 16.2. The molecule has 116 valence electrons. The molecule has 2 atom stereocenters. The van der Waals surface area contributed by atoms with E-state index >= 15 is 0 Å². The lowest BCUT2D eigenvalue weighted by Gasteiger charge is -2.35. The molecule has 0 radical (unpaired) electrons. The molecular weight excluding hydrogens is 276 g/mol. The molecule has 2 saturated heterocycles. The Morgan fingerprint density at radius 3 is 2.77 bits per heavy atom. The third-order valence-electron chi connectivity index (χ3n) is 4.84. The molecule has 0 aromatic carbocycles. The number of aromatic nitrogens is 1. The number of hydrogen-bond donors (Lipinski definition) is 0. The van der Waals surface area contributed by atoms with Crippen LogP contribution in [0.3, 0.4) is 0 Å². The molecule has 1 aromatic heterocycles. The molecule has 3 heterocycles. The number of pyridine rings is 1. The fourth-order valence-electron chi connectivity index (χ4n) is 3.80. The van der Waals surface area contributed by atoms with Crippen molar-refractivity contribution in [3.05, 3.63) is 23.9 Å². The summed E-state index contributed by atoms with van der Waals surface area (Å²) in [6.07, 6.45) is 6.65. The predicted octanol–water partition coefficient (Wildman–Crippen LogP) is 2.32. The molecule has 5 nitrogen and oxygen atoms in total. The predicted molar refractivity (Wildman–Crippen MR) is 84.3 cm³/mol. The normalized spacial score (nSPS) is 24.5. The van der Waals surface area contributed by atoms with Gasteiger partial charge >= 0.3 is 0 Å². The van der Waals surface area contributed by atoms with E-state index in [-0.39, 0.29) is 5.91 Å². The maximum atomic E-state index is 12.2. The van der Waals surface area contributed by atoms with Gasteiger partial charge in [0.1, 0.15) is 11.9 Å². The molecular formula is C17H22N4O. The monoisotopic (exact) mass is 298 g/mol. The van der Waals surface area contributed by atoms with Gasteiger partial charge in [-0.05, 0) is 37.8 Å². The summed E-state index contributed by atoms with van der Waals surface area (Å²) in [6.45, 7) is 3.81. The summed E-state index contributed by atoms with van der Waals surface area (Å²) in [6, 6.07) is 6.53. The molecule has 0 unspecified atom stereocenters. The second-order valence-electron chi connectivity index (χ2n) is 6.07. The van der Waals surface area contributed by atoms with Crippen molar-refractivity contribution in [2.45, 2.75) is 51.1 Å². The lowest BCUT2D eigenvalue weighted by atomic mass is 10.0. The number of carbonyl (C=O) groups is 1. The minimum Gasteiger partial charge on any atom is -0.352 e. The third-order valence-corrected chi connectivity index (χ3v) is 4.84. The van der Waals surface area contributed by atoms with Crippen molar-refractivity contribution in [3.63, 3.8) is 0 Å². The number of anilines is 1. The first-order valence-electron chi connectivity index (χ1n) is 8.17. The molecule has 3 rings (SSSR count). The molecule has 0 saturated carbocycles. The van der Waals surface area contributed by atoms with Gasteiger partial charge in [0.05, 0.1) is 17.6 Å². The Morgan fingerprint density at radius 2 is 2.09 bits per heavy atom. The van der Waals surface area contributed by atoms with Crippen molar-refractivity contribution in [2.75, 3.05) is 18.0 Å². The molecule has 2 aliphatic rings. The van der Waals surface area contributed by atoms with Gasteiger partial charge in [-0.2, -0.15) is 5.26 Å². The standard InChI is InChI=1S/C17H22N4O/c1-2-17(22)21-10-4-6-15(21)14-5-3-9-20(14)16-8-7-13(11-18)12-19-16/h7-8,12,14-15H,2-6,9-10H2,1H3/t14-,15+/m1/s1. The van der Waals surface area contributed by atoms with Gasteiger partial charge in [-0.3, -0.25) is 4.79 Å². The molecule has 22 heavy (non-hydrogen) atoms. The first kappa shape index (κ1) is 14.8. The van der Waals surface area contributed by atoms with Gasteiger partial charge in [0.15, 0.2) is 0 Å². The summed E-state index contributed by atoms with van der Waals surface area (Å²) in [7, 11) is 0. The van der Waals surface area contributed by atoms with Gasteiger partial charge in [-0.25, -0.2) is 4.98 Å². The Morgan fingerprint density at radius 1 is 1.32 bits per heavy atom. The van der Waals surface area contributed by atoms with Crippen LogP contribution >= 0.6 is 0 Å². The van der Waals surface area contributed by atoms with E-state index in [0.717, 1.165) is 44.6 Å². The second-order valence-corrected chi connectivity index (χ2v) is 6.07. The zero-order chi connectivity index (χ0) is 15.5. The number of hydrogen-bond acceptors (Lipinski definition) is 4. The van der Waals surface area contributed by atoms with E-state index in [2.05, 4.69) is 20.9 Å². The SMILES string of the molecule is CCC(=O)N1CCC[C@H]1[C@H]1CCCN1c1ccc(C#N)cn1. The number of amides is 1. The van der Waals surface area contributed by atoms with E-state index in [9.17, 15) is 4.79 Å². The Hall–Kier alpha value is -2.09. The lowest BCUT2D eigenvalue weighted by molar-refractivity contribution is -0.132. The summed E-state index contributed by atoms with van der Waals surface area (Å²) in [4.78, 5) is 21.0. The van der Waals surface area contributed by atoms with Crippen LogP contribution in [0.5, 0.6) is 0 Å². The van der Waals surface area contributed by atoms with Crippen molar-refractivity contribution in [1.82, 2.24) is 9.88 Å². The Labute approximate surface area is 131 Å². The van der Waals surface area contributed by atoms with Crippen LogP contribution in [0, 0.1) is 11.3 Å². The number of nitrogens with zero attached hydrogens (tertiary/aromatic N) is 4. The molecule has 2 aliphatic heterocycles. The minimum atomic E-state index is 0.266. The summed E-state index contributed by atoms with van der Waals surface area (Å²) in [5, 5.41) is 8.89. The molecule has 0 bridgehead atoms. The number of nitriles is 1. The summed E-state index contributed by atoms with van der Waals surface area (Å²) >= 11 is 0. The molecule has 1 amide bonds. The van der Waals surface area contributed by atoms with Gasteiger partial charge < -0.3 is 9.80 Å². The van der Waals surface area contributed by atoms with Crippen LogP contribution < -0.4 is 4.90 Å². The number of rotatable bonds is 3. The zero-order valence-corrected chi connectivity index (χ0v) is 13.0. The second kappa shape index (κ2) is 6.35. The summed E-state index contributed by atoms with van der Waals surface area (Å²) < 4.78 is 0. The third kappa shape index (κ3) is 2.66. The number of carbonyl (C=O) groups excluding carboxylic acids is 1. The summed E-state index contributed by atoms with van der Waals surface area (Å²) in [5.41, 5.74) is 0.586. The highest BCUT2D eigenvalue weighted by Gasteiger charge is 2.39. The van der Waals surface area contributed by atoms with E-state index in [1.165, 1.54) is 0 Å². The molecule has 2 fully saturated rings. The topological polar surface area (TPSA) is 60.2 Å². The quantitative estimate of drug-likeness (QED) is 0.859. The first-order valence-corrected chi connectivity index (χ1v) is 8.17. The van der Waals surface area contributed by atoms with Gasteiger partial charge in [-0.1, -0.05) is 6.92 Å². The minimum absolute atomic E-state index is 0.266. The molecule has 1 aromatic rings. The zero-order valence-electron chi connectivity index (χ0n) is 13.0. The smallest absolute Gasteiger partial charge is 0.222 e. The van der Waals surface area contributed by atoms with E-state index in [0.29, 0.717) is 24.1 Å². The van der Waals surface area contributed by atoms with Gasteiger partial charge in [0.25, 0.3) is 0 Å². The number of likely N-dealkylation sites (tertiary alicyclic amines) is 1. The van der Waals surface area contributed by atoms with Crippen LogP contribution in [0.15, 0.2) is 18.3 Å². The summed E-state index contributed by atoms with van der Waals surface area (Å²) in [5.74, 6) is 1.19. The van der Waals surface area contributed by atoms with Crippen molar-refractivity contribution in [3.8, 4) is 6.07 Å². The van der Waals surface area contributed by atoms with Crippen molar-refractivity contribution in [1.29, 1.82) is 5.26 Å². The van der Waals surface area contributed by atoms with Gasteiger partial charge in [0.2, 0.25) is 5.91 Å². The highest BCUT2D eigenvalue weighted by Crippen LogP contribution is 2.32. The van der Waals surface area contributed by atoms with Crippen molar-refractivity contribution >= 4 is 11.7 Å². The molecule has 5 heteroatoms. The Balaban J connectivity index is 1.80. The van der Waals surface area contributed by atoms with Crippen LogP contribution in [0.2, 0.25) is 0 Å².